The number of carboxylic acids is 1. The maximum absolute atomic E-state index is 10.5. The van der Waals surface area contributed by atoms with Crippen molar-refractivity contribution in [3.05, 3.63) is 29.0 Å². The average Bonchev–Trinajstić information content (AvgIpc) is 2.29. The van der Waals surface area contributed by atoms with Gasteiger partial charge < -0.3 is 5.11 Å². The summed E-state index contributed by atoms with van der Waals surface area (Å²) in [5, 5.41) is 9.30. The van der Waals surface area contributed by atoms with Gasteiger partial charge in [0, 0.05) is 31.4 Å². The van der Waals surface area contributed by atoms with Crippen LogP contribution in [-0.4, -0.2) is 33.5 Å². The summed E-state index contributed by atoms with van der Waals surface area (Å²) in [6, 6.07) is 2.25. The van der Waals surface area contributed by atoms with Crippen LogP contribution < -0.4 is 0 Å². The Kier molecular flexibility index (Phi) is 6.09. The van der Waals surface area contributed by atoms with Crippen molar-refractivity contribution in [3.63, 3.8) is 0 Å². The summed E-state index contributed by atoms with van der Waals surface area (Å²) in [7, 11) is 0. The first kappa shape index (κ1) is 14.9. The van der Waals surface area contributed by atoms with Gasteiger partial charge in [0.25, 0.3) is 0 Å². The second-order valence-electron chi connectivity index (χ2n) is 4.53. The second kappa shape index (κ2) is 7.34. The van der Waals surface area contributed by atoms with Crippen molar-refractivity contribution in [1.82, 2.24) is 9.88 Å². The van der Waals surface area contributed by atoms with Crippen molar-refractivity contribution >= 4 is 17.6 Å². The highest BCUT2D eigenvalue weighted by atomic mass is 35.5. The lowest BCUT2D eigenvalue weighted by atomic mass is 10.2. The lowest BCUT2D eigenvalue weighted by molar-refractivity contribution is -0.137. The lowest BCUT2D eigenvalue weighted by Gasteiger charge is -2.26. The number of hydrogen-bond acceptors (Lipinski definition) is 3. The number of nitrogens with zero attached hydrogens (tertiary/aromatic N) is 2. The van der Waals surface area contributed by atoms with E-state index >= 15 is 0 Å². The zero-order chi connectivity index (χ0) is 13.5. The molecule has 0 saturated heterocycles. The van der Waals surface area contributed by atoms with E-state index < -0.39 is 5.97 Å². The number of carbonyl (C=O) groups is 1. The molecule has 0 radical (unpaired) electrons. The molecule has 0 unspecified atom stereocenters. The highest BCUT2D eigenvalue weighted by Gasteiger charge is 2.12. The molecule has 4 nitrogen and oxygen atoms in total. The number of pyridine rings is 1. The molecular formula is C13H19ClN2O2. The maximum atomic E-state index is 10.5. The van der Waals surface area contributed by atoms with Crippen LogP contribution in [0.25, 0.3) is 0 Å². The molecule has 18 heavy (non-hydrogen) atoms. The molecule has 0 saturated carbocycles. The summed E-state index contributed by atoms with van der Waals surface area (Å²) in [5.41, 5.74) is 1.02. The van der Waals surface area contributed by atoms with E-state index in [4.69, 9.17) is 16.7 Å². The molecule has 1 aromatic heterocycles. The summed E-state index contributed by atoms with van der Waals surface area (Å²) in [4.78, 5) is 16.7. The van der Waals surface area contributed by atoms with Crippen LogP contribution in [0.4, 0.5) is 0 Å². The molecule has 0 aliphatic carbocycles. The number of aliphatic carboxylic acids is 1. The molecule has 0 aliphatic rings. The topological polar surface area (TPSA) is 53.4 Å². The SMILES string of the molecule is CC(C)N(CCCC(=O)O)Cc1ccncc1Cl. The Morgan fingerprint density at radius 3 is 2.83 bits per heavy atom. The first-order valence-electron chi connectivity index (χ1n) is 6.05. The van der Waals surface area contributed by atoms with Crippen molar-refractivity contribution in [3.8, 4) is 0 Å². The van der Waals surface area contributed by atoms with E-state index in [9.17, 15) is 4.79 Å². The van der Waals surface area contributed by atoms with Crippen LogP contribution in [0, 0.1) is 0 Å². The smallest absolute Gasteiger partial charge is 0.303 e. The Bertz CT molecular complexity index is 396. The van der Waals surface area contributed by atoms with Crippen LogP contribution in [-0.2, 0) is 11.3 Å². The number of rotatable bonds is 7. The number of hydrogen-bond donors (Lipinski definition) is 1. The van der Waals surface area contributed by atoms with Gasteiger partial charge in [-0.3, -0.25) is 14.7 Å². The van der Waals surface area contributed by atoms with E-state index in [-0.39, 0.29) is 6.42 Å². The molecule has 0 bridgehead atoms. The van der Waals surface area contributed by atoms with E-state index in [1.54, 1.807) is 12.4 Å². The summed E-state index contributed by atoms with van der Waals surface area (Å²) in [6.07, 6.45) is 4.20. The van der Waals surface area contributed by atoms with E-state index in [2.05, 4.69) is 23.7 Å². The number of carboxylic acid groups (broad SMARTS) is 1. The van der Waals surface area contributed by atoms with Crippen LogP contribution >= 0.6 is 11.6 Å². The van der Waals surface area contributed by atoms with E-state index in [0.717, 1.165) is 18.7 Å². The van der Waals surface area contributed by atoms with Gasteiger partial charge in [0.05, 0.1) is 5.02 Å². The van der Waals surface area contributed by atoms with Gasteiger partial charge in [-0.1, -0.05) is 11.6 Å². The van der Waals surface area contributed by atoms with Gasteiger partial charge >= 0.3 is 5.97 Å². The fourth-order valence-electron chi connectivity index (χ4n) is 1.70. The normalized spacial score (nSPS) is 11.2. The fraction of sp³-hybridized carbons (Fsp3) is 0.538. The Hall–Kier alpha value is -1.13. The first-order valence-corrected chi connectivity index (χ1v) is 6.42. The van der Waals surface area contributed by atoms with Crippen LogP contribution in [0.1, 0.15) is 32.3 Å². The minimum absolute atomic E-state index is 0.202. The van der Waals surface area contributed by atoms with Crippen molar-refractivity contribution in [2.24, 2.45) is 0 Å². The number of halogens is 1. The summed E-state index contributed by atoms with van der Waals surface area (Å²) < 4.78 is 0. The molecule has 100 valence electrons. The molecule has 0 atom stereocenters. The third-order valence-corrected chi connectivity index (χ3v) is 3.14. The van der Waals surface area contributed by atoms with Gasteiger partial charge in [0.1, 0.15) is 0 Å². The van der Waals surface area contributed by atoms with Crippen molar-refractivity contribution in [1.29, 1.82) is 0 Å². The molecule has 0 fully saturated rings. The molecule has 1 heterocycles. The van der Waals surface area contributed by atoms with Crippen molar-refractivity contribution in [2.45, 2.75) is 39.3 Å². The van der Waals surface area contributed by atoms with E-state index in [1.807, 2.05) is 6.07 Å². The third-order valence-electron chi connectivity index (χ3n) is 2.80. The maximum Gasteiger partial charge on any atom is 0.303 e. The predicted octanol–water partition coefficient (Wildman–Crippen LogP) is 2.81. The van der Waals surface area contributed by atoms with Gasteiger partial charge in [-0.2, -0.15) is 0 Å². The molecule has 0 aromatic carbocycles. The molecule has 1 rings (SSSR count). The molecule has 1 aromatic rings. The highest BCUT2D eigenvalue weighted by molar-refractivity contribution is 6.31. The summed E-state index contributed by atoms with van der Waals surface area (Å²) in [5.74, 6) is -0.749. The van der Waals surface area contributed by atoms with E-state index in [1.165, 1.54) is 0 Å². The minimum atomic E-state index is -0.749. The second-order valence-corrected chi connectivity index (χ2v) is 4.94. The largest absolute Gasteiger partial charge is 0.481 e. The molecule has 0 aliphatic heterocycles. The fourth-order valence-corrected chi connectivity index (χ4v) is 1.88. The molecule has 1 N–H and O–H groups in total. The standard InChI is InChI=1S/C13H19ClN2O2/c1-10(2)16(7-3-4-13(17)18)9-11-5-6-15-8-12(11)14/h5-6,8,10H,3-4,7,9H2,1-2H3,(H,17,18). The zero-order valence-electron chi connectivity index (χ0n) is 10.8. The first-order chi connectivity index (χ1) is 8.50. The van der Waals surface area contributed by atoms with Gasteiger partial charge in [-0.05, 0) is 38.4 Å². The number of aromatic nitrogens is 1. The Morgan fingerprint density at radius 2 is 2.28 bits per heavy atom. The van der Waals surface area contributed by atoms with Gasteiger partial charge in [-0.15, -0.1) is 0 Å². The summed E-state index contributed by atoms with van der Waals surface area (Å²) >= 11 is 6.07. The van der Waals surface area contributed by atoms with Crippen LogP contribution in [0.2, 0.25) is 5.02 Å². The molecule has 0 amide bonds. The highest BCUT2D eigenvalue weighted by Crippen LogP contribution is 2.17. The Balaban J connectivity index is 2.58. The lowest BCUT2D eigenvalue weighted by Crippen LogP contribution is -2.31. The van der Waals surface area contributed by atoms with Crippen molar-refractivity contribution in [2.75, 3.05) is 6.54 Å². The van der Waals surface area contributed by atoms with Crippen LogP contribution in [0.5, 0.6) is 0 Å². The monoisotopic (exact) mass is 270 g/mol. The van der Waals surface area contributed by atoms with E-state index in [0.29, 0.717) is 17.5 Å². The molecule has 0 spiro atoms. The Labute approximate surface area is 113 Å². The van der Waals surface area contributed by atoms with Gasteiger partial charge in [-0.25, -0.2) is 0 Å². The Morgan fingerprint density at radius 1 is 1.56 bits per heavy atom. The van der Waals surface area contributed by atoms with Gasteiger partial charge in [0.15, 0.2) is 0 Å². The van der Waals surface area contributed by atoms with Crippen LogP contribution in [0.15, 0.2) is 18.5 Å². The average molecular weight is 271 g/mol. The summed E-state index contributed by atoms with van der Waals surface area (Å²) in [6.45, 7) is 5.66. The molecular weight excluding hydrogens is 252 g/mol. The molecule has 5 heteroatoms. The third kappa shape index (κ3) is 5.02. The quantitative estimate of drug-likeness (QED) is 0.828. The van der Waals surface area contributed by atoms with Crippen molar-refractivity contribution < 1.29 is 9.90 Å². The predicted molar refractivity (Wildman–Crippen MR) is 71.7 cm³/mol. The van der Waals surface area contributed by atoms with Gasteiger partial charge in [0.2, 0.25) is 0 Å². The minimum Gasteiger partial charge on any atom is -0.481 e. The zero-order valence-corrected chi connectivity index (χ0v) is 11.5. The van der Waals surface area contributed by atoms with Crippen LogP contribution in [0.3, 0.4) is 0 Å².